The van der Waals surface area contributed by atoms with Gasteiger partial charge in [-0.3, -0.25) is 4.79 Å². The van der Waals surface area contributed by atoms with Crippen LogP contribution in [0.4, 0.5) is 10.1 Å². The number of ether oxygens (including phenoxy) is 2. The van der Waals surface area contributed by atoms with Gasteiger partial charge in [0, 0.05) is 11.3 Å². The van der Waals surface area contributed by atoms with E-state index in [2.05, 4.69) is 10.1 Å². The van der Waals surface area contributed by atoms with E-state index in [4.69, 9.17) is 4.74 Å². The molecule has 0 aliphatic heterocycles. The molecule has 1 amide bonds. The van der Waals surface area contributed by atoms with E-state index in [9.17, 15) is 14.0 Å². The summed E-state index contributed by atoms with van der Waals surface area (Å²) in [6.45, 7) is 0. The summed E-state index contributed by atoms with van der Waals surface area (Å²) in [4.78, 5) is 23.5. The van der Waals surface area contributed by atoms with Crippen molar-refractivity contribution in [2.24, 2.45) is 0 Å². The second kappa shape index (κ2) is 6.71. The molecule has 0 fully saturated rings. The number of rotatable bonds is 4. The van der Waals surface area contributed by atoms with Gasteiger partial charge in [0.2, 0.25) is 0 Å². The molecule has 22 heavy (non-hydrogen) atoms. The van der Waals surface area contributed by atoms with Crippen LogP contribution in [0.15, 0.2) is 42.5 Å². The lowest BCUT2D eigenvalue weighted by Gasteiger charge is -2.08. The van der Waals surface area contributed by atoms with Gasteiger partial charge >= 0.3 is 5.97 Å². The molecule has 0 heterocycles. The first-order valence-corrected chi connectivity index (χ1v) is 6.38. The molecule has 0 aliphatic rings. The highest BCUT2D eigenvalue weighted by Crippen LogP contribution is 2.17. The first kappa shape index (κ1) is 15.5. The molecule has 0 bridgehead atoms. The summed E-state index contributed by atoms with van der Waals surface area (Å²) < 4.78 is 23.0. The van der Waals surface area contributed by atoms with Crippen LogP contribution in [-0.4, -0.2) is 26.1 Å². The van der Waals surface area contributed by atoms with Crippen molar-refractivity contribution >= 4 is 17.6 Å². The third-order valence-corrected chi connectivity index (χ3v) is 2.98. The molecule has 6 heteroatoms. The Hall–Kier alpha value is -2.89. The van der Waals surface area contributed by atoms with E-state index >= 15 is 0 Å². The second-order valence-corrected chi connectivity index (χ2v) is 4.37. The van der Waals surface area contributed by atoms with E-state index in [-0.39, 0.29) is 11.5 Å². The third-order valence-electron chi connectivity index (χ3n) is 2.98. The number of nitrogens with one attached hydrogen (secondary N) is 1. The normalized spacial score (nSPS) is 9.95. The number of hydrogen-bond donors (Lipinski definition) is 1. The SMILES string of the molecule is COC(=O)c1cc(NC(=O)c2ccc(OC)cc2)ccc1F. The first-order chi connectivity index (χ1) is 10.5. The Bertz CT molecular complexity index is 698. The van der Waals surface area contributed by atoms with Gasteiger partial charge in [-0.15, -0.1) is 0 Å². The summed E-state index contributed by atoms with van der Waals surface area (Å²) in [5, 5.41) is 2.59. The maximum atomic E-state index is 13.5. The molecule has 1 N–H and O–H groups in total. The van der Waals surface area contributed by atoms with Crippen LogP contribution in [0.5, 0.6) is 5.75 Å². The van der Waals surface area contributed by atoms with Crippen molar-refractivity contribution in [1.29, 1.82) is 0 Å². The standard InChI is InChI=1S/C16H14FNO4/c1-21-12-6-3-10(4-7-12)15(19)18-11-5-8-14(17)13(9-11)16(20)22-2/h3-9H,1-2H3,(H,18,19). The molecule has 0 saturated carbocycles. The van der Waals surface area contributed by atoms with Gasteiger partial charge in [-0.2, -0.15) is 0 Å². The number of benzene rings is 2. The number of carbonyl (C=O) groups is 2. The maximum absolute atomic E-state index is 13.5. The van der Waals surface area contributed by atoms with Crippen LogP contribution in [0, 0.1) is 5.82 Å². The molecule has 0 unspecified atom stereocenters. The molecule has 2 rings (SSSR count). The molecule has 0 radical (unpaired) electrons. The van der Waals surface area contributed by atoms with Gasteiger partial charge in [0.15, 0.2) is 0 Å². The minimum Gasteiger partial charge on any atom is -0.497 e. The highest BCUT2D eigenvalue weighted by Gasteiger charge is 2.14. The molecule has 0 atom stereocenters. The Morgan fingerprint density at radius 1 is 1.05 bits per heavy atom. The molecular weight excluding hydrogens is 289 g/mol. The number of anilines is 1. The molecule has 5 nitrogen and oxygen atoms in total. The molecule has 0 saturated heterocycles. The van der Waals surface area contributed by atoms with E-state index in [1.54, 1.807) is 24.3 Å². The summed E-state index contributed by atoms with van der Waals surface area (Å²) in [7, 11) is 2.69. The molecule has 0 spiro atoms. The summed E-state index contributed by atoms with van der Waals surface area (Å²) in [5.41, 5.74) is 0.461. The minimum atomic E-state index is -0.807. The molecule has 0 aliphatic carbocycles. The molecular formula is C16H14FNO4. The van der Waals surface area contributed by atoms with E-state index in [1.165, 1.54) is 19.2 Å². The fraction of sp³-hybridized carbons (Fsp3) is 0.125. The van der Waals surface area contributed by atoms with Crippen molar-refractivity contribution in [3.8, 4) is 5.75 Å². The minimum absolute atomic E-state index is 0.241. The quantitative estimate of drug-likeness (QED) is 0.882. The van der Waals surface area contributed by atoms with Crippen molar-refractivity contribution in [2.75, 3.05) is 19.5 Å². The molecule has 0 aromatic heterocycles. The number of esters is 1. The lowest BCUT2D eigenvalue weighted by atomic mass is 10.1. The third kappa shape index (κ3) is 3.41. The maximum Gasteiger partial charge on any atom is 0.340 e. The number of carbonyl (C=O) groups excluding carboxylic acids is 2. The van der Waals surface area contributed by atoms with Gasteiger partial charge in [0.25, 0.3) is 5.91 Å². The Morgan fingerprint density at radius 3 is 2.32 bits per heavy atom. The Labute approximate surface area is 126 Å². The smallest absolute Gasteiger partial charge is 0.340 e. The van der Waals surface area contributed by atoms with E-state index < -0.39 is 11.8 Å². The van der Waals surface area contributed by atoms with Crippen LogP contribution >= 0.6 is 0 Å². The zero-order valence-corrected chi connectivity index (χ0v) is 12.1. The zero-order chi connectivity index (χ0) is 16.1. The van der Waals surface area contributed by atoms with E-state index in [0.29, 0.717) is 17.0 Å². The van der Waals surface area contributed by atoms with Gasteiger partial charge in [0.1, 0.15) is 11.6 Å². The van der Waals surface area contributed by atoms with Gasteiger partial charge < -0.3 is 14.8 Å². The summed E-state index contributed by atoms with van der Waals surface area (Å²) >= 11 is 0. The molecule has 2 aromatic carbocycles. The summed E-state index contributed by atoms with van der Waals surface area (Å²) in [5.74, 6) is -1.27. The van der Waals surface area contributed by atoms with Gasteiger partial charge in [-0.05, 0) is 42.5 Å². The van der Waals surface area contributed by atoms with Gasteiger partial charge in [0.05, 0.1) is 19.8 Å². The number of methoxy groups -OCH3 is 2. The van der Waals surface area contributed by atoms with Crippen LogP contribution in [0.2, 0.25) is 0 Å². The Balaban J connectivity index is 2.19. The fourth-order valence-corrected chi connectivity index (χ4v) is 1.82. The number of hydrogen-bond acceptors (Lipinski definition) is 4. The van der Waals surface area contributed by atoms with Gasteiger partial charge in [-0.1, -0.05) is 0 Å². The first-order valence-electron chi connectivity index (χ1n) is 6.38. The largest absolute Gasteiger partial charge is 0.497 e. The van der Waals surface area contributed by atoms with Gasteiger partial charge in [-0.25, -0.2) is 9.18 Å². The average molecular weight is 303 g/mol. The number of amides is 1. The van der Waals surface area contributed by atoms with Crippen LogP contribution in [0.1, 0.15) is 20.7 Å². The second-order valence-electron chi connectivity index (χ2n) is 4.37. The Morgan fingerprint density at radius 2 is 1.73 bits per heavy atom. The zero-order valence-electron chi connectivity index (χ0n) is 12.1. The van der Waals surface area contributed by atoms with Crippen molar-refractivity contribution in [1.82, 2.24) is 0 Å². The van der Waals surface area contributed by atoms with Crippen LogP contribution in [0.25, 0.3) is 0 Å². The van der Waals surface area contributed by atoms with Crippen molar-refractivity contribution in [2.45, 2.75) is 0 Å². The van der Waals surface area contributed by atoms with Crippen molar-refractivity contribution in [3.05, 3.63) is 59.4 Å². The van der Waals surface area contributed by atoms with Crippen LogP contribution in [0.3, 0.4) is 0 Å². The highest BCUT2D eigenvalue weighted by molar-refractivity contribution is 6.04. The Kier molecular flexibility index (Phi) is 4.73. The van der Waals surface area contributed by atoms with E-state index in [0.717, 1.165) is 13.2 Å². The molecule has 114 valence electrons. The molecule has 2 aromatic rings. The van der Waals surface area contributed by atoms with Crippen molar-refractivity contribution < 1.29 is 23.5 Å². The van der Waals surface area contributed by atoms with E-state index in [1.807, 2.05) is 0 Å². The number of halogens is 1. The van der Waals surface area contributed by atoms with Crippen molar-refractivity contribution in [3.63, 3.8) is 0 Å². The lowest BCUT2D eigenvalue weighted by Crippen LogP contribution is -2.13. The predicted octanol–water partition coefficient (Wildman–Crippen LogP) is 2.87. The summed E-state index contributed by atoms with van der Waals surface area (Å²) in [6.07, 6.45) is 0. The fourth-order valence-electron chi connectivity index (χ4n) is 1.82. The lowest BCUT2D eigenvalue weighted by molar-refractivity contribution is 0.0595. The van der Waals surface area contributed by atoms with Crippen LogP contribution in [-0.2, 0) is 4.74 Å². The van der Waals surface area contributed by atoms with Crippen LogP contribution < -0.4 is 10.1 Å². The summed E-state index contributed by atoms with van der Waals surface area (Å²) in [6, 6.07) is 10.2. The average Bonchev–Trinajstić information content (AvgIpc) is 2.55. The highest BCUT2D eigenvalue weighted by atomic mass is 19.1. The monoisotopic (exact) mass is 303 g/mol. The predicted molar refractivity (Wildman–Crippen MR) is 78.7 cm³/mol. The topological polar surface area (TPSA) is 64.6 Å².